The number of aryl methyl sites for hydroxylation is 1. The zero-order valence-electron chi connectivity index (χ0n) is 9.83. The van der Waals surface area contributed by atoms with Crippen molar-refractivity contribution in [3.63, 3.8) is 0 Å². The molecular formula is C14H19NS. The van der Waals surface area contributed by atoms with Crippen molar-refractivity contribution in [3.05, 3.63) is 35.3 Å². The lowest BCUT2D eigenvalue weighted by Crippen LogP contribution is -1.80. The molecule has 2 aromatic rings. The number of unbranched alkanes of at least 4 members (excludes halogenated alkanes) is 3. The first-order chi connectivity index (χ1) is 7.90. The average molecular weight is 233 g/mol. The fourth-order valence-electron chi connectivity index (χ4n) is 1.87. The van der Waals surface area contributed by atoms with E-state index in [0.717, 1.165) is 0 Å². The molecule has 0 aromatic carbocycles. The maximum atomic E-state index is 3.25. The number of hydrogen-bond donors (Lipinski definition) is 1. The van der Waals surface area contributed by atoms with Crippen molar-refractivity contribution in [2.45, 2.75) is 39.0 Å². The molecule has 0 aliphatic heterocycles. The molecule has 0 aliphatic carbocycles. The number of aromatic amines is 1. The average Bonchev–Trinajstić information content (AvgIpc) is 2.94. The Morgan fingerprint density at radius 1 is 1.12 bits per heavy atom. The highest BCUT2D eigenvalue weighted by Gasteiger charge is 2.02. The van der Waals surface area contributed by atoms with Crippen LogP contribution in [0, 0.1) is 0 Å². The molecule has 1 N–H and O–H groups in total. The molecule has 2 heterocycles. The highest BCUT2D eigenvalue weighted by atomic mass is 32.1. The van der Waals surface area contributed by atoms with Crippen molar-refractivity contribution < 1.29 is 0 Å². The lowest BCUT2D eigenvalue weighted by atomic mass is 10.1. The number of thiophene rings is 1. The fraction of sp³-hybridized carbons (Fsp3) is 0.429. The second-order valence-electron chi connectivity index (χ2n) is 4.16. The molecule has 2 heteroatoms. The van der Waals surface area contributed by atoms with Crippen molar-refractivity contribution >= 4 is 11.3 Å². The Morgan fingerprint density at radius 3 is 2.81 bits per heavy atom. The Balaban J connectivity index is 1.88. The zero-order chi connectivity index (χ0) is 11.2. The van der Waals surface area contributed by atoms with Crippen LogP contribution < -0.4 is 0 Å². The lowest BCUT2D eigenvalue weighted by molar-refractivity contribution is 0.670. The van der Waals surface area contributed by atoms with Gasteiger partial charge in [-0.15, -0.1) is 11.3 Å². The second kappa shape index (κ2) is 5.90. The number of nitrogens with one attached hydrogen (secondary N) is 1. The van der Waals surface area contributed by atoms with Crippen LogP contribution >= 0.6 is 11.3 Å². The van der Waals surface area contributed by atoms with Gasteiger partial charge in [0.2, 0.25) is 0 Å². The molecule has 0 saturated heterocycles. The number of H-pyrrole nitrogens is 1. The van der Waals surface area contributed by atoms with Crippen molar-refractivity contribution in [2.75, 3.05) is 0 Å². The molecule has 16 heavy (non-hydrogen) atoms. The topological polar surface area (TPSA) is 15.8 Å². The summed E-state index contributed by atoms with van der Waals surface area (Å²) in [6.45, 7) is 2.26. The molecule has 86 valence electrons. The highest BCUT2D eigenvalue weighted by molar-refractivity contribution is 7.15. The molecule has 2 aromatic heterocycles. The Labute approximate surface area is 102 Å². The van der Waals surface area contributed by atoms with E-state index in [4.69, 9.17) is 0 Å². The first kappa shape index (κ1) is 11.5. The minimum absolute atomic E-state index is 1.24. The van der Waals surface area contributed by atoms with Crippen LogP contribution in [0.15, 0.2) is 30.5 Å². The summed E-state index contributed by atoms with van der Waals surface area (Å²) in [6.07, 6.45) is 8.61. The van der Waals surface area contributed by atoms with Gasteiger partial charge in [0.25, 0.3) is 0 Å². The second-order valence-corrected chi connectivity index (χ2v) is 5.33. The maximum absolute atomic E-state index is 3.25. The van der Waals surface area contributed by atoms with E-state index in [0.29, 0.717) is 0 Å². The molecule has 0 spiro atoms. The van der Waals surface area contributed by atoms with Crippen LogP contribution in [0.2, 0.25) is 0 Å². The predicted molar refractivity (Wildman–Crippen MR) is 72.0 cm³/mol. The van der Waals surface area contributed by atoms with Gasteiger partial charge in [0, 0.05) is 11.1 Å². The molecule has 0 amide bonds. The van der Waals surface area contributed by atoms with E-state index in [9.17, 15) is 0 Å². The van der Waals surface area contributed by atoms with Crippen molar-refractivity contribution in [3.8, 4) is 10.6 Å². The van der Waals surface area contributed by atoms with E-state index >= 15 is 0 Å². The van der Waals surface area contributed by atoms with E-state index in [1.165, 1.54) is 47.6 Å². The van der Waals surface area contributed by atoms with E-state index in [1.807, 2.05) is 17.5 Å². The fourth-order valence-corrected chi connectivity index (χ4v) is 2.90. The highest BCUT2D eigenvalue weighted by Crippen LogP contribution is 2.27. The number of rotatable bonds is 6. The third kappa shape index (κ3) is 2.99. The summed E-state index contributed by atoms with van der Waals surface area (Å²) in [5.74, 6) is 0. The van der Waals surface area contributed by atoms with Gasteiger partial charge in [-0.3, -0.25) is 0 Å². The van der Waals surface area contributed by atoms with Crippen LogP contribution in [-0.4, -0.2) is 4.98 Å². The number of aromatic nitrogens is 1. The Bertz CT molecular complexity index is 400. The molecule has 0 bridgehead atoms. The summed E-state index contributed by atoms with van der Waals surface area (Å²) in [7, 11) is 0. The Kier molecular flexibility index (Phi) is 4.23. The van der Waals surface area contributed by atoms with Crippen LogP contribution in [0.5, 0.6) is 0 Å². The van der Waals surface area contributed by atoms with Crippen LogP contribution in [-0.2, 0) is 6.42 Å². The van der Waals surface area contributed by atoms with Crippen LogP contribution in [0.1, 0.15) is 37.5 Å². The van der Waals surface area contributed by atoms with Crippen molar-refractivity contribution in [1.82, 2.24) is 4.98 Å². The molecule has 0 fully saturated rings. The molecule has 1 nitrogen and oxygen atoms in total. The molecule has 0 unspecified atom stereocenters. The Hall–Kier alpha value is -1.02. The van der Waals surface area contributed by atoms with Gasteiger partial charge in [-0.25, -0.2) is 0 Å². The third-order valence-corrected chi connectivity index (χ3v) is 3.98. The van der Waals surface area contributed by atoms with Crippen molar-refractivity contribution in [1.29, 1.82) is 0 Å². The van der Waals surface area contributed by atoms with E-state index in [2.05, 4.69) is 36.2 Å². The van der Waals surface area contributed by atoms with Crippen LogP contribution in [0.25, 0.3) is 10.6 Å². The zero-order valence-corrected chi connectivity index (χ0v) is 10.6. The van der Waals surface area contributed by atoms with Crippen LogP contribution in [0.3, 0.4) is 0 Å². The molecule has 0 saturated carbocycles. The maximum Gasteiger partial charge on any atom is 0.0555 e. The summed E-state index contributed by atoms with van der Waals surface area (Å²) in [6, 6.07) is 8.68. The van der Waals surface area contributed by atoms with Gasteiger partial charge in [0.15, 0.2) is 0 Å². The van der Waals surface area contributed by atoms with Gasteiger partial charge in [0.05, 0.1) is 10.6 Å². The first-order valence-electron chi connectivity index (χ1n) is 6.12. The predicted octanol–water partition coefficient (Wildman–Crippen LogP) is 4.87. The minimum Gasteiger partial charge on any atom is -0.361 e. The molecule has 0 aliphatic rings. The quantitative estimate of drug-likeness (QED) is 0.685. The van der Waals surface area contributed by atoms with Gasteiger partial charge >= 0.3 is 0 Å². The molecule has 2 rings (SSSR count). The smallest absolute Gasteiger partial charge is 0.0555 e. The summed E-state index contributed by atoms with van der Waals surface area (Å²) in [4.78, 5) is 6.13. The van der Waals surface area contributed by atoms with Gasteiger partial charge in [-0.1, -0.05) is 26.2 Å². The number of hydrogen-bond acceptors (Lipinski definition) is 1. The van der Waals surface area contributed by atoms with E-state index < -0.39 is 0 Å². The molecule has 0 radical (unpaired) electrons. The van der Waals surface area contributed by atoms with Gasteiger partial charge in [-0.05, 0) is 37.1 Å². The minimum atomic E-state index is 1.24. The molecular weight excluding hydrogens is 214 g/mol. The van der Waals surface area contributed by atoms with Gasteiger partial charge in [-0.2, -0.15) is 0 Å². The SMILES string of the molecule is CCCCCCc1ccc(-c2ccc[nH]2)s1. The summed E-state index contributed by atoms with van der Waals surface area (Å²) in [5, 5.41) is 0. The van der Waals surface area contributed by atoms with E-state index in [-0.39, 0.29) is 0 Å². The van der Waals surface area contributed by atoms with Gasteiger partial charge < -0.3 is 4.98 Å². The van der Waals surface area contributed by atoms with E-state index in [1.54, 1.807) is 0 Å². The van der Waals surface area contributed by atoms with Gasteiger partial charge in [0.1, 0.15) is 0 Å². The monoisotopic (exact) mass is 233 g/mol. The normalized spacial score (nSPS) is 10.8. The standard InChI is InChI=1S/C14H19NS/c1-2-3-4-5-7-12-9-10-14(16-12)13-8-6-11-15-13/h6,8-11,15H,2-5,7H2,1H3. The summed E-state index contributed by atoms with van der Waals surface area (Å²) < 4.78 is 0. The largest absolute Gasteiger partial charge is 0.361 e. The summed E-state index contributed by atoms with van der Waals surface area (Å²) >= 11 is 1.92. The van der Waals surface area contributed by atoms with Crippen molar-refractivity contribution in [2.24, 2.45) is 0 Å². The van der Waals surface area contributed by atoms with Crippen LogP contribution in [0.4, 0.5) is 0 Å². The third-order valence-electron chi connectivity index (χ3n) is 2.80. The lowest BCUT2D eigenvalue weighted by Gasteiger charge is -1.96. The Morgan fingerprint density at radius 2 is 2.06 bits per heavy atom. The first-order valence-corrected chi connectivity index (χ1v) is 6.94. The molecule has 0 atom stereocenters. The summed E-state index contributed by atoms with van der Waals surface area (Å²) in [5.41, 5.74) is 1.24.